The van der Waals surface area contributed by atoms with E-state index in [9.17, 15) is 13.2 Å². The summed E-state index contributed by atoms with van der Waals surface area (Å²) in [6, 6.07) is 7.54. The van der Waals surface area contributed by atoms with Crippen LogP contribution in [0.3, 0.4) is 0 Å². The van der Waals surface area contributed by atoms with E-state index >= 15 is 0 Å². The van der Waals surface area contributed by atoms with Crippen LogP contribution in [0.4, 0.5) is 13.2 Å². The normalized spacial score (nSPS) is 12.2. The summed E-state index contributed by atoms with van der Waals surface area (Å²) in [5, 5.41) is 2.41. The molecule has 0 spiro atoms. The highest BCUT2D eigenvalue weighted by molar-refractivity contribution is 5.42. The highest BCUT2D eigenvalue weighted by atomic mass is 19.4. The van der Waals surface area contributed by atoms with Crippen LogP contribution in [0, 0.1) is 0 Å². The van der Waals surface area contributed by atoms with Crippen LogP contribution in [0.5, 0.6) is 0 Å². The quantitative estimate of drug-likeness (QED) is 0.802. The van der Waals surface area contributed by atoms with Gasteiger partial charge in [-0.25, -0.2) is 0 Å². The molecule has 0 saturated heterocycles. The molecule has 3 nitrogen and oxygen atoms in total. The van der Waals surface area contributed by atoms with E-state index < -0.39 is 12.2 Å². The molecular weight excluding hydrogens is 233 g/mol. The molecule has 0 fully saturated rings. The Kier molecular flexibility index (Phi) is 6.97. The van der Waals surface area contributed by atoms with Crippen LogP contribution in [-0.2, 0) is 11.3 Å². The fourth-order valence-corrected chi connectivity index (χ4v) is 0.983. The molecule has 1 atom stereocenters. The molecule has 0 bridgehead atoms. The Morgan fingerprint density at radius 2 is 1.82 bits per heavy atom. The van der Waals surface area contributed by atoms with Crippen LogP contribution in [0.2, 0.25) is 0 Å². The number of primary amides is 1. The van der Waals surface area contributed by atoms with Crippen LogP contribution >= 0.6 is 0 Å². The fourth-order valence-electron chi connectivity index (χ4n) is 0.983. The second-order valence-electron chi connectivity index (χ2n) is 3.27. The number of alkyl halides is 3. The Morgan fingerprint density at radius 3 is 2.24 bits per heavy atom. The lowest BCUT2D eigenvalue weighted by Gasteiger charge is -2.16. The molecule has 96 valence electrons. The van der Waals surface area contributed by atoms with Gasteiger partial charge in [-0.05, 0) is 12.5 Å². The molecule has 0 aromatic heterocycles. The van der Waals surface area contributed by atoms with Gasteiger partial charge in [-0.1, -0.05) is 30.3 Å². The van der Waals surface area contributed by atoms with Gasteiger partial charge in [0.2, 0.25) is 6.41 Å². The van der Waals surface area contributed by atoms with E-state index in [1.54, 1.807) is 24.3 Å². The summed E-state index contributed by atoms with van der Waals surface area (Å²) in [4.78, 5) is 8.58. The Bertz CT molecular complexity index is 314. The molecule has 17 heavy (non-hydrogen) atoms. The molecule has 3 N–H and O–H groups in total. The zero-order chi connectivity index (χ0) is 13.3. The van der Waals surface area contributed by atoms with Crippen molar-refractivity contribution in [2.45, 2.75) is 25.7 Å². The highest BCUT2D eigenvalue weighted by Crippen LogP contribution is 2.19. The van der Waals surface area contributed by atoms with Gasteiger partial charge in [0.15, 0.2) is 0 Å². The van der Waals surface area contributed by atoms with Crippen molar-refractivity contribution < 1.29 is 18.0 Å². The lowest BCUT2D eigenvalue weighted by molar-refractivity contribution is -0.151. The van der Waals surface area contributed by atoms with E-state index in [1.165, 1.54) is 0 Å². The van der Waals surface area contributed by atoms with Gasteiger partial charge >= 0.3 is 6.18 Å². The van der Waals surface area contributed by atoms with Crippen molar-refractivity contribution in [1.29, 1.82) is 0 Å². The van der Waals surface area contributed by atoms with Gasteiger partial charge in [-0.2, -0.15) is 13.2 Å². The van der Waals surface area contributed by atoms with Crippen LogP contribution < -0.4 is 11.1 Å². The van der Waals surface area contributed by atoms with Crippen LogP contribution in [0.25, 0.3) is 0 Å². The maximum absolute atomic E-state index is 12.1. The maximum atomic E-state index is 12.1. The number of hydrogen-bond acceptors (Lipinski definition) is 2. The van der Waals surface area contributed by atoms with E-state index in [0.717, 1.165) is 12.5 Å². The molecule has 0 saturated carbocycles. The number of carbonyl (C=O) groups is 1. The van der Waals surface area contributed by atoms with Crippen LogP contribution in [0.1, 0.15) is 12.5 Å². The Morgan fingerprint density at radius 1 is 1.35 bits per heavy atom. The Hall–Kier alpha value is -1.56. The molecular formula is C11H15F3N2O. The molecule has 1 unspecified atom stereocenters. The number of amides is 1. The summed E-state index contributed by atoms with van der Waals surface area (Å²) in [6.07, 6.45) is -3.92. The van der Waals surface area contributed by atoms with Crippen molar-refractivity contribution in [2.24, 2.45) is 5.73 Å². The van der Waals surface area contributed by atoms with Gasteiger partial charge in [0.25, 0.3) is 0 Å². The minimum absolute atomic E-state index is 0.238. The number of rotatable bonds is 3. The molecule has 6 heteroatoms. The average molecular weight is 248 g/mol. The summed E-state index contributed by atoms with van der Waals surface area (Å²) < 4.78 is 36.3. The number of carbonyl (C=O) groups excluding carboxylic acids is 1. The van der Waals surface area contributed by atoms with Crippen molar-refractivity contribution >= 4 is 6.41 Å². The predicted octanol–water partition coefficient (Wildman–Crippen LogP) is 1.83. The highest BCUT2D eigenvalue weighted by Gasteiger charge is 2.35. The monoisotopic (exact) mass is 248 g/mol. The van der Waals surface area contributed by atoms with Crippen LogP contribution in [-0.4, -0.2) is 18.6 Å². The molecule has 0 aliphatic carbocycles. The van der Waals surface area contributed by atoms with Gasteiger partial charge < -0.3 is 11.1 Å². The second-order valence-corrected chi connectivity index (χ2v) is 3.27. The molecule has 0 radical (unpaired) electrons. The lowest BCUT2D eigenvalue weighted by atomic mass is 10.2. The van der Waals surface area contributed by atoms with Crippen LogP contribution in [0.15, 0.2) is 30.3 Å². The Balaban J connectivity index is 0.000000770. The van der Waals surface area contributed by atoms with Crippen molar-refractivity contribution in [3.63, 3.8) is 0 Å². The summed E-state index contributed by atoms with van der Waals surface area (Å²) in [7, 11) is 0. The zero-order valence-electron chi connectivity index (χ0n) is 9.37. The topological polar surface area (TPSA) is 55.1 Å². The third-order valence-corrected chi connectivity index (χ3v) is 1.95. The fraction of sp³-hybridized carbons (Fsp3) is 0.364. The number of nitrogens with two attached hydrogens (primary N) is 1. The van der Waals surface area contributed by atoms with Gasteiger partial charge in [0.05, 0.1) is 0 Å². The molecule has 0 aliphatic rings. The lowest BCUT2D eigenvalue weighted by Crippen LogP contribution is -2.39. The number of nitrogens with one attached hydrogen (secondary N) is 1. The smallest absolute Gasteiger partial charge is 0.372 e. The number of hydrogen-bond donors (Lipinski definition) is 2. The first-order valence-electron chi connectivity index (χ1n) is 4.91. The third kappa shape index (κ3) is 7.35. The number of benzene rings is 1. The first kappa shape index (κ1) is 15.4. The summed E-state index contributed by atoms with van der Waals surface area (Å²) in [5.41, 5.74) is 5.02. The summed E-state index contributed by atoms with van der Waals surface area (Å²) in [6.45, 7) is 1.35. The molecule has 1 aromatic rings. The predicted molar refractivity (Wildman–Crippen MR) is 59.1 cm³/mol. The van der Waals surface area contributed by atoms with Crippen molar-refractivity contribution in [3.05, 3.63) is 35.9 Å². The third-order valence-electron chi connectivity index (χ3n) is 1.95. The van der Waals surface area contributed by atoms with E-state index in [4.69, 9.17) is 4.79 Å². The zero-order valence-corrected chi connectivity index (χ0v) is 9.37. The van der Waals surface area contributed by atoms with E-state index in [-0.39, 0.29) is 13.0 Å². The van der Waals surface area contributed by atoms with E-state index in [2.05, 4.69) is 11.1 Å². The summed E-state index contributed by atoms with van der Waals surface area (Å²) >= 11 is 0. The first-order valence-corrected chi connectivity index (χ1v) is 4.91. The van der Waals surface area contributed by atoms with Crippen molar-refractivity contribution in [2.75, 3.05) is 0 Å². The molecule has 0 heterocycles. The van der Waals surface area contributed by atoms with E-state index in [1.807, 2.05) is 6.07 Å². The second kappa shape index (κ2) is 7.67. The minimum atomic E-state index is -4.17. The van der Waals surface area contributed by atoms with E-state index in [0.29, 0.717) is 0 Å². The standard InChI is InChI=1S/C10H12F3N.CH3NO/c1-8(10(11,12)13)14-7-9-5-3-2-4-6-9;2-1-3/h2-6,8,14H,7H2,1H3;1H,(H2,2,3). The maximum Gasteiger partial charge on any atom is 0.403 e. The van der Waals surface area contributed by atoms with Gasteiger partial charge in [-0.3, -0.25) is 4.79 Å². The van der Waals surface area contributed by atoms with Crippen molar-refractivity contribution in [1.82, 2.24) is 5.32 Å². The number of halogens is 3. The molecule has 1 rings (SSSR count). The van der Waals surface area contributed by atoms with Crippen molar-refractivity contribution in [3.8, 4) is 0 Å². The average Bonchev–Trinajstić information content (AvgIpc) is 2.27. The summed E-state index contributed by atoms with van der Waals surface area (Å²) in [5.74, 6) is 0. The van der Waals surface area contributed by atoms with Gasteiger partial charge in [-0.15, -0.1) is 0 Å². The minimum Gasteiger partial charge on any atom is -0.372 e. The molecule has 0 aliphatic heterocycles. The molecule has 1 aromatic carbocycles. The SMILES string of the molecule is CC(NCc1ccccc1)C(F)(F)F.NC=O. The first-order chi connectivity index (χ1) is 7.91. The molecule has 1 amide bonds. The Labute approximate surface area is 97.8 Å². The van der Waals surface area contributed by atoms with Gasteiger partial charge in [0.1, 0.15) is 6.04 Å². The van der Waals surface area contributed by atoms with Gasteiger partial charge in [0, 0.05) is 6.54 Å². The largest absolute Gasteiger partial charge is 0.403 e.